The van der Waals surface area contributed by atoms with Crippen LogP contribution in [-0.2, 0) is 4.79 Å². The first-order valence-electron chi connectivity index (χ1n) is 9.48. The molecule has 3 rings (SSSR count). The van der Waals surface area contributed by atoms with Crippen LogP contribution in [0.15, 0.2) is 0 Å². The van der Waals surface area contributed by atoms with E-state index in [0.717, 1.165) is 38.5 Å². The largest absolute Gasteiger partial charge is 0.378 e. The zero-order valence-electron chi connectivity index (χ0n) is 13.7. The van der Waals surface area contributed by atoms with Crippen LogP contribution in [0.2, 0.25) is 0 Å². The molecule has 3 aliphatic rings. The van der Waals surface area contributed by atoms with Crippen LogP contribution in [0, 0.1) is 11.8 Å². The monoisotopic (exact) mass is 308 g/mol. The predicted octanol–water partition coefficient (Wildman–Crippen LogP) is 2.70. The van der Waals surface area contributed by atoms with E-state index in [0.29, 0.717) is 5.92 Å². The molecule has 1 unspecified atom stereocenters. The summed E-state index contributed by atoms with van der Waals surface area (Å²) in [7, 11) is 0. The summed E-state index contributed by atoms with van der Waals surface area (Å²) in [6, 6.07) is 0.451. The Morgan fingerprint density at radius 3 is 2.05 bits per heavy atom. The van der Waals surface area contributed by atoms with Gasteiger partial charge in [-0.25, -0.2) is 0 Å². The molecular weight excluding hydrogens is 276 g/mol. The fourth-order valence-electron chi connectivity index (χ4n) is 4.62. The van der Waals surface area contributed by atoms with Crippen LogP contribution >= 0.6 is 0 Å². The summed E-state index contributed by atoms with van der Waals surface area (Å²) in [6.45, 7) is 0. The van der Waals surface area contributed by atoms with Crippen LogP contribution in [0.1, 0.15) is 77.0 Å². The van der Waals surface area contributed by atoms with Crippen molar-refractivity contribution in [3.8, 4) is 0 Å². The highest BCUT2D eigenvalue weighted by atomic mass is 16.3. The second-order valence-corrected chi connectivity index (χ2v) is 7.64. The Morgan fingerprint density at radius 2 is 1.36 bits per heavy atom. The van der Waals surface area contributed by atoms with Crippen molar-refractivity contribution in [2.24, 2.45) is 11.8 Å². The fourth-order valence-corrected chi connectivity index (χ4v) is 4.62. The molecule has 0 aliphatic heterocycles. The minimum atomic E-state index is -0.392. The lowest BCUT2D eigenvalue weighted by molar-refractivity contribution is -0.126. The molecule has 4 nitrogen and oxygen atoms in total. The minimum Gasteiger partial charge on any atom is -0.378 e. The summed E-state index contributed by atoms with van der Waals surface area (Å²) in [5.41, 5.74) is 0. The first-order chi connectivity index (χ1) is 10.7. The van der Waals surface area contributed by atoms with Gasteiger partial charge in [-0.3, -0.25) is 10.1 Å². The molecule has 3 saturated carbocycles. The molecule has 0 bridgehead atoms. The molecule has 22 heavy (non-hydrogen) atoms. The number of amides is 1. The van der Waals surface area contributed by atoms with Gasteiger partial charge in [0.05, 0.1) is 0 Å². The molecule has 3 aliphatic carbocycles. The van der Waals surface area contributed by atoms with Crippen molar-refractivity contribution in [3.63, 3.8) is 0 Å². The average Bonchev–Trinajstić information content (AvgIpc) is 3.23. The summed E-state index contributed by atoms with van der Waals surface area (Å²) < 4.78 is 0. The van der Waals surface area contributed by atoms with Gasteiger partial charge in [0.15, 0.2) is 0 Å². The maximum Gasteiger partial charge on any atom is 0.223 e. The third-order valence-corrected chi connectivity index (χ3v) is 6.05. The average molecular weight is 308 g/mol. The van der Waals surface area contributed by atoms with E-state index in [1.807, 2.05) is 0 Å². The first-order valence-corrected chi connectivity index (χ1v) is 9.48. The van der Waals surface area contributed by atoms with E-state index in [1.54, 1.807) is 0 Å². The highest BCUT2D eigenvalue weighted by Gasteiger charge is 2.33. The van der Waals surface area contributed by atoms with Gasteiger partial charge in [-0.1, -0.05) is 38.5 Å². The number of nitrogens with one attached hydrogen (secondary N) is 2. The number of hydrogen-bond acceptors (Lipinski definition) is 3. The third-order valence-electron chi connectivity index (χ3n) is 6.05. The first kappa shape index (κ1) is 16.3. The molecule has 0 saturated heterocycles. The number of carbonyl (C=O) groups excluding carboxylic acids is 1. The Kier molecular flexibility index (Phi) is 5.75. The van der Waals surface area contributed by atoms with Crippen LogP contribution in [0.25, 0.3) is 0 Å². The predicted molar refractivity (Wildman–Crippen MR) is 87.2 cm³/mol. The van der Waals surface area contributed by atoms with Crippen molar-refractivity contribution < 1.29 is 9.90 Å². The van der Waals surface area contributed by atoms with Gasteiger partial charge < -0.3 is 10.4 Å². The highest BCUT2D eigenvalue weighted by molar-refractivity contribution is 5.79. The number of aliphatic hydroxyl groups excluding tert-OH is 1. The summed E-state index contributed by atoms with van der Waals surface area (Å²) >= 11 is 0. The maximum atomic E-state index is 12.4. The molecule has 126 valence electrons. The summed E-state index contributed by atoms with van der Waals surface area (Å²) in [4.78, 5) is 12.4. The van der Waals surface area contributed by atoms with E-state index in [9.17, 15) is 9.90 Å². The van der Waals surface area contributed by atoms with E-state index in [4.69, 9.17) is 0 Å². The van der Waals surface area contributed by atoms with E-state index < -0.39 is 6.23 Å². The van der Waals surface area contributed by atoms with E-state index in [-0.39, 0.29) is 23.9 Å². The van der Waals surface area contributed by atoms with Crippen LogP contribution in [0.4, 0.5) is 0 Å². The third kappa shape index (κ3) is 4.02. The van der Waals surface area contributed by atoms with Crippen molar-refractivity contribution in [2.45, 2.75) is 95.4 Å². The number of carbonyl (C=O) groups is 1. The zero-order valence-corrected chi connectivity index (χ0v) is 13.7. The molecule has 0 spiro atoms. The number of aliphatic hydroxyl groups is 1. The second-order valence-electron chi connectivity index (χ2n) is 7.64. The lowest BCUT2D eigenvalue weighted by Gasteiger charge is -2.36. The van der Waals surface area contributed by atoms with Gasteiger partial charge in [0.2, 0.25) is 5.91 Å². The molecule has 0 radical (unpaired) electrons. The zero-order chi connectivity index (χ0) is 15.4. The van der Waals surface area contributed by atoms with Crippen LogP contribution in [0.5, 0.6) is 0 Å². The van der Waals surface area contributed by atoms with Crippen LogP contribution in [-0.4, -0.2) is 29.3 Å². The molecule has 0 heterocycles. The van der Waals surface area contributed by atoms with Crippen LogP contribution < -0.4 is 10.6 Å². The standard InChI is InChI=1S/C18H32N2O2/c21-17(13-7-1-2-8-13)19-15-11-5-6-12-16(15)20-18(22)14-9-3-4-10-14/h13-17,19,21H,1-12H2,(H,20,22)/t15-,16+,17?/m1/s1. The van der Waals surface area contributed by atoms with Crippen molar-refractivity contribution >= 4 is 5.91 Å². The maximum absolute atomic E-state index is 12.4. The van der Waals surface area contributed by atoms with Crippen molar-refractivity contribution in [1.29, 1.82) is 0 Å². The van der Waals surface area contributed by atoms with E-state index in [1.165, 1.54) is 38.5 Å². The van der Waals surface area contributed by atoms with Gasteiger partial charge in [0, 0.05) is 18.0 Å². The van der Waals surface area contributed by atoms with Gasteiger partial charge in [-0.2, -0.15) is 0 Å². The van der Waals surface area contributed by atoms with Crippen LogP contribution in [0.3, 0.4) is 0 Å². The second kappa shape index (κ2) is 7.78. The Hall–Kier alpha value is -0.610. The van der Waals surface area contributed by atoms with Crippen molar-refractivity contribution in [2.75, 3.05) is 0 Å². The lowest BCUT2D eigenvalue weighted by Crippen LogP contribution is -2.56. The SMILES string of the molecule is O=C(N[C@H]1CCCC[C@H]1NC(O)C1CCCC1)C1CCCC1. The van der Waals surface area contributed by atoms with Crippen molar-refractivity contribution in [3.05, 3.63) is 0 Å². The molecular formula is C18H32N2O2. The molecule has 0 aromatic heterocycles. The normalized spacial score (nSPS) is 32.2. The molecule has 4 heteroatoms. The van der Waals surface area contributed by atoms with Crippen molar-refractivity contribution in [1.82, 2.24) is 10.6 Å². The Morgan fingerprint density at radius 1 is 0.818 bits per heavy atom. The molecule has 0 aromatic rings. The Balaban J connectivity index is 1.52. The molecule has 1 amide bonds. The highest BCUT2D eigenvalue weighted by Crippen LogP contribution is 2.29. The summed E-state index contributed by atoms with van der Waals surface area (Å²) in [6.07, 6.45) is 13.4. The summed E-state index contributed by atoms with van der Waals surface area (Å²) in [5.74, 6) is 0.905. The van der Waals surface area contributed by atoms with Gasteiger partial charge in [-0.05, 0) is 44.4 Å². The quantitative estimate of drug-likeness (QED) is 0.684. The fraction of sp³-hybridized carbons (Fsp3) is 0.944. The number of hydrogen-bond donors (Lipinski definition) is 3. The Bertz CT molecular complexity index is 362. The molecule has 3 atom stereocenters. The molecule has 0 aromatic carbocycles. The van der Waals surface area contributed by atoms with Gasteiger partial charge in [-0.15, -0.1) is 0 Å². The minimum absolute atomic E-state index is 0.206. The van der Waals surface area contributed by atoms with E-state index in [2.05, 4.69) is 10.6 Å². The topological polar surface area (TPSA) is 61.4 Å². The summed E-state index contributed by atoms with van der Waals surface area (Å²) in [5, 5.41) is 17.2. The smallest absolute Gasteiger partial charge is 0.223 e. The lowest BCUT2D eigenvalue weighted by atomic mass is 9.89. The molecule has 3 fully saturated rings. The van der Waals surface area contributed by atoms with Gasteiger partial charge in [0.1, 0.15) is 6.23 Å². The Labute approximate surface area is 134 Å². The number of rotatable bonds is 5. The molecule has 3 N–H and O–H groups in total. The van der Waals surface area contributed by atoms with Gasteiger partial charge >= 0.3 is 0 Å². The van der Waals surface area contributed by atoms with E-state index >= 15 is 0 Å². The van der Waals surface area contributed by atoms with Gasteiger partial charge in [0.25, 0.3) is 0 Å².